The average molecular weight is 268 g/mol. The lowest BCUT2D eigenvalue weighted by Gasteiger charge is -2.04. The summed E-state index contributed by atoms with van der Waals surface area (Å²) in [7, 11) is 0. The number of hydrogen-bond acceptors (Lipinski definition) is 5. The number of imidazole rings is 1. The molecule has 0 fully saturated rings. The van der Waals surface area contributed by atoms with E-state index in [1.165, 1.54) is 13.1 Å². The van der Waals surface area contributed by atoms with Gasteiger partial charge in [-0.1, -0.05) is 12.1 Å². The van der Waals surface area contributed by atoms with Crippen molar-refractivity contribution in [3.8, 4) is 11.5 Å². The third-order valence-electron chi connectivity index (χ3n) is 2.72. The van der Waals surface area contributed by atoms with E-state index in [0.29, 0.717) is 17.3 Å². The first-order valence-corrected chi connectivity index (χ1v) is 5.99. The minimum absolute atomic E-state index is 0.223. The summed E-state index contributed by atoms with van der Waals surface area (Å²) in [4.78, 5) is 26.9. The highest BCUT2D eigenvalue weighted by molar-refractivity contribution is 5.88. The van der Waals surface area contributed by atoms with Crippen molar-refractivity contribution in [2.75, 3.05) is 11.1 Å². The van der Waals surface area contributed by atoms with Crippen LogP contribution in [0.1, 0.15) is 6.92 Å². The largest absolute Gasteiger partial charge is 0.382 e. The summed E-state index contributed by atoms with van der Waals surface area (Å²) in [6.07, 6.45) is 1.41. The minimum Gasteiger partial charge on any atom is -0.382 e. The number of aromatic nitrogens is 4. The number of fused-ring (bicyclic) bond motifs is 1. The number of rotatable bonds is 2. The fourth-order valence-corrected chi connectivity index (χ4v) is 1.88. The first-order valence-electron chi connectivity index (χ1n) is 5.99. The molecule has 0 unspecified atom stereocenters. The topological polar surface area (TPSA) is 110 Å². The second-order valence-electron chi connectivity index (χ2n) is 4.27. The van der Waals surface area contributed by atoms with E-state index in [1.54, 1.807) is 0 Å². The van der Waals surface area contributed by atoms with E-state index in [0.717, 1.165) is 11.0 Å². The molecule has 3 aromatic rings. The monoisotopic (exact) mass is 268 g/mol. The highest BCUT2D eigenvalue weighted by Gasteiger charge is 2.12. The van der Waals surface area contributed by atoms with Crippen molar-refractivity contribution >= 4 is 28.6 Å². The molecular formula is C13H12N6O. The van der Waals surface area contributed by atoms with Crippen molar-refractivity contribution in [3.05, 3.63) is 30.5 Å². The highest BCUT2D eigenvalue weighted by atomic mass is 16.1. The minimum atomic E-state index is -0.223. The number of anilines is 2. The highest BCUT2D eigenvalue weighted by Crippen LogP contribution is 2.23. The van der Waals surface area contributed by atoms with Crippen LogP contribution in [0.25, 0.3) is 22.6 Å². The van der Waals surface area contributed by atoms with Crippen LogP contribution in [0.5, 0.6) is 0 Å². The van der Waals surface area contributed by atoms with Gasteiger partial charge in [0.25, 0.3) is 0 Å². The summed E-state index contributed by atoms with van der Waals surface area (Å²) in [6, 6.07) is 7.60. The number of benzene rings is 1. The van der Waals surface area contributed by atoms with E-state index in [9.17, 15) is 4.79 Å². The molecule has 100 valence electrons. The van der Waals surface area contributed by atoms with Crippen molar-refractivity contribution in [2.45, 2.75) is 6.92 Å². The molecule has 2 heterocycles. The zero-order valence-corrected chi connectivity index (χ0v) is 10.7. The zero-order chi connectivity index (χ0) is 14.1. The maximum absolute atomic E-state index is 11.1. The van der Waals surface area contributed by atoms with Gasteiger partial charge < -0.3 is 16.0 Å². The van der Waals surface area contributed by atoms with E-state index >= 15 is 0 Å². The Morgan fingerprint density at radius 2 is 2.10 bits per heavy atom. The molecule has 0 aliphatic carbocycles. The summed E-state index contributed by atoms with van der Waals surface area (Å²) in [6.45, 7) is 1.40. The number of hydrogen-bond donors (Lipinski definition) is 3. The fraction of sp³-hybridized carbons (Fsp3) is 0.0769. The predicted octanol–water partition coefficient (Wildman–Crippen LogP) is 1.56. The molecule has 0 aliphatic rings. The average Bonchev–Trinajstić information content (AvgIpc) is 2.84. The molecular weight excluding hydrogens is 256 g/mol. The van der Waals surface area contributed by atoms with Crippen LogP contribution in [-0.2, 0) is 4.79 Å². The maximum Gasteiger partial charge on any atom is 0.222 e. The summed E-state index contributed by atoms with van der Waals surface area (Å²) in [5, 5.41) is 2.57. The molecule has 0 spiro atoms. The van der Waals surface area contributed by atoms with Crippen molar-refractivity contribution in [1.82, 2.24) is 19.9 Å². The number of aromatic amines is 1. The van der Waals surface area contributed by atoms with Crippen LogP contribution in [0, 0.1) is 0 Å². The van der Waals surface area contributed by atoms with Crippen LogP contribution in [0.4, 0.5) is 11.6 Å². The Hall–Kier alpha value is -2.96. The van der Waals surface area contributed by atoms with E-state index < -0.39 is 0 Å². The van der Waals surface area contributed by atoms with Gasteiger partial charge in [0, 0.05) is 6.92 Å². The van der Waals surface area contributed by atoms with Gasteiger partial charge in [0.05, 0.1) is 17.2 Å². The first-order chi connectivity index (χ1) is 9.63. The van der Waals surface area contributed by atoms with Gasteiger partial charge in [-0.2, -0.15) is 0 Å². The van der Waals surface area contributed by atoms with E-state index in [-0.39, 0.29) is 11.7 Å². The molecule has 7 nitrogen and oxygen atoms in total. The second-order valence-corrected chi connectivity index (χ2v) is 4.27. The normalized spacial score (nSPS) is 10.7. The standard InChI is InChI=1S/C13H12N6O/c1-7(20)16-10-6-15-12(14)11(19-10)13-17-8-4-2-3-5-9(8)18-13/h2-6H,1H3,(H2,14,15)(H,17,18)(H,16,19,20). The number of carbonyl (C=O) groups excluding carboxylic acids is 1. The summed E-state index contributed by atoms with van der Waals surface area (Å²) < 4.78 is 0. The Morgan fingerprint density at radius 1 is 1.30 bits per heavy atom. The fourth-order valence-electron chi connectivity index (χ4n) is 1.88. The lowest BCUT2D eigenvalue weighted by molar-refractivity contribution is -0.114. The lowest BCUT2D eigenvalue weighted by Crippen LogP contribution is -2.09. The second kappa shape index (κ2) is 4.61. The van der Waals surface area contributed by atoms with E-state index in [2.05, 4.69) is 25.3 Å². The molecule has 1 amide bonds. The van der Waals surface area contributed by atoms with Gasteiger partial charge in [-0.15, -0.1) is 0 Å². The summed E-state index contributed by atoms with van der Waals surface area (Å²) >= 11 is 0. The van der Waals surface area contributed by atoms with Crippen LogP contribution in [0.2, 0.25) is 0 Å². The van der Waals surface area contributed by atoms with Crippen molar-refractivity contribution in [1.29, 1.82) is 0 Å². The number of H-pyrrole nitrogens is 1. The molecule has 7 heteroatoms. The number of amides is 1. The Morgan fingerprint density at radius 3 is 2.85 bits per heavy atom. The molecule has 1 aromatic carbocycles. The Balaban J connectivity index is 2.10. The van der Waals surface area contributed by atoms with Crippen LogP contribution < -0.4 is 11.1 Å². The maximum atomic E-state index is 11.1. The number of carbonyl (C=O) groups is 1. The van der Waals surface area contributed by atoms with E-state index in [4.69, 9.17) is 5.73 Å². The molecule has 0 radical (unpaired) electrons. The van der Waals surface area contributed by atoms with Crippen LogP contribution in [-0.4, -0.2) is 25.8 Å². The van der Waals surface area contributed by atoms with Crippen molar-refractivity contribution < 1.29 is 4.79 Å². The number of nitrogens with one attached hydrogen (secondary N) is 2. The Bertz CT molecular complexity index is 761. The Labute approximate surface area is 114 Å². The smallest absolute Gasteiger partial charge is 0.222 e. The Kier molecular flexibility index (Phi) is 2.79. The number of para-hydroxylation sites is 2. The molecule has 4 N–H and O–H groups in total. The van der Waals surface area contributed by atoms with Gasteiger partial charge in [0.15, 0.2) is 23.2 Å². The van der Waals surface area contributed by atoms with Crippen molar-refractivity contribution in [2.24, 2.45) is 0 Å². The zero-order valence-electron chi connectivity index (χ0n) is 10.7. The predicted molar refractivity (Wildman–Crippen MR) is 75.8 cm³/mol. The van der Waals surface area contributed by atoms with Gasteiger partial charge >= 0.3 is 0 Å². The van der Waals surface area contributed by atoms with Gasteiger partial charge in [0.2, 0.25) is 5.91 Å². The third kappa shape index (κ3) is 2.16. The van der Waals surface area contributed by atoms with Gasteiger partial charge in [-0.25, -0.2) is 15.0 Å². The number of nitrogen functional groups attached to an aromatic ring is 1. The number of nitrogens with two attached hydrogens (primary N) is 1. The van der Waals surface area contributed by atoms with E-state index in [1.807, 2.05) is 24.3 Å². The van der Waals surface area contributed by atoms with Crippen LogP contribution in [0.3, 0.4) is 0 Å². The van der Waals surface area contributed by atoms with Crippen LogP contribution >= 0.6 is 0 Å². The molecule has 2 aromatic heterocycles. The van der Waals surface area contributed by atoms with Gasteiger partial charge in [-0.3, -0.25) is 4.79 Å². The molecule has 0 aliphatic heterocycles. The summed E-state index contributed by atoms with van der Waals surface area (Å²) in [5.74, 6) is 0.878. The van der Waals surface area contributed by atoms with Crippen LogP contribution in [0.15, 0.2) is 30.5 Å². The lowest BCUT2D eigenvalue weighted by atomic mass is 10.3. The van der Waals surface area contributed by atoms with Gasteiger partial charge in [0.1, 0.15) is 0 Å². The molecule has 0 saturated carbocycles. The quantitative estimate of drug-likeness (QED) is 0.653. The SMILES string of the molecule is CC(=O)Nc1cnc(N)c(-c2nc3ccccc3[nH]2)n1. The molecule has 20 heavy (non-hydrogen) atoms. The van der Waals surface area contributed by atoms with Crippen molar-refractivity contribution in [3.63, 3.8) is 0 Å². The molecule has 0 atom stereocenters. The third-order valence-corrected chi connectivity index (χ3v) is 2.72. The number of nitrogens with zero attached hydrogens (tertiary/aromatic N) is 3. The first kappa shape index (κ1) is 12.1. The van der Waals surface area contributed by atoms with Gasteiger partial charge in [-0.05, 0) is 12.1 Å². The molecule has 0 bridgehead atoms. The summed E-state index contributed by atoms with van der Waals surface area (Å²) in [5.41, 5.74) is 7.93. The molecule has 0 saturated heterocycles. The molecule has 3 rings (SSSR count).